The Hall–Kier alpha value is -3.20. The molecule has 9 heteroatoms. The first kappa shape index (κ1) is 19.1. The van der Waals surface area contributed by atoms with Crippen molar-refractivity contribution in [2.24, 2.45) is 0 Å². The molecule has 29 heavy (non-hydrogen) atoms. The molecule has 1 aliphatic rings. The van der Waals surface area contributed by atoms with Crippen molar-refractivity contribution in [3.8, 4) is 0 Å². The second-order valence-corrected chi connectivity index (χ2v) is 7.13. The predicted octanol–water partition coefficient (Wildman–Crippen LogP) is 1.20. The van der Waals surface area contributed by atoms with Crippen LogP contribution in [0.25, 0.3) is 0 Å². The van der Waals surface area contributed by atoms with Gasteiger partial charge in [-0.1, -0.05) is 30.3 Å². The van der Waals surface area contributed by atoms with Gasteiger partial charge in [-0.2, -0.15) is 5.10 Å². The molecule has 4 rings (SSSR count). The minimum Gasteiger partial charge on any atom is -0.395 e. The molecule has 2 aromatic heterocycles. The fraction of sp³-hybridized carbons (Fsp3) is 0.400. The summed E-state index contributed by atoms with van der Waals surface area (Å²) >= 11 is 0. The summed E-state index contributed by atoms with van der Waals surface area (Å²) in [7, 11) is 0. The lowest BCUT2D eigenvalue weighted by Crippen LogP contribution is -2.35. The molecular weight excluding hydrogens is 370 g/mol. The molecule has 152 valence electrons. The zero-order valence-corrected chi connectivity index (χ0v) is 16.2. The highest BCUT2D eigenvalue weighted by Gasteiger charge is 2.26. The molecule has 0 saturated carbocycles. The molecule has 0 amide bonds. The Balaban J connectivity index is 1.43. The maximum atomic E-state index is 12.3. The van der Waals surface area contributed by atoms with Crippen molar-refractivity contribution >= 4 is 11.6 Å². The molecule has 0 unspecified atom stereocenters. The van der Waals surface area contributed by atoms with Crippen LogP contribution in [0.15, 0.2) is 47.5 Å². The van der Waals surface area contributed by atoms with E-state index in [1.54, 1.807) is 4.57 Å². The van der Waals surface area contributed by atoms with Crippen molar-refractivity contribution in [1.29, 1.82) is 0 Å². The fourth-order valence-electron chi connectivity index (χ4n) is 3.73. The monoisotopic (exact) mass is 395 g/mol. The maximum Gasteiger partial charge on any atom is 0.343 e. The number of piperidine rings is 1. The summed E-state index contributed by atoms with van der Waals surface area (Å²) in [6.45, 7) is 2.69. The second-order valence-electron chi connectivity index (χ2n) is 7.13. The number of rotatable bonds is 7. The molecule has 1 aliphatic heterocycles. The molecule has 1 saturated heterocycles. The van der Waals surface area contributed by atoms with Gasteiger partial charge in [0.25, 0.3) is 0 Å². The summed E-state index contributed by atoms with van der Waals surface area (Å²) in [5, 5.41) is 19.0. The summed E-state index contributed by atoms with van der Waals surface area (Å²) in [5.74, 6) is 2.62. The smallest absolute Gasteiger partial charge is 0.343 e. The Kier molecular flexibility index (Phi) is 5.85. The predicted molar refractivity (Wildman–Crippen MR) is 110 cm³/mol. The van der Waals surface area contributed by atoms with Crippen molar-refractivity contribution in [2.75, 3.05) is 36.5 Å². The van der Waals surface area contributed by atoms with Gasteiger partial charge in [0.15, 0.2) is 0 Å². The number of aliphatic hydroxyl groups is 1. The average molecular weight is 395 g/mol. The summed E-state index contributed by atoms with van der Waals surface area (Å²) < 4.78 is 1.75. The van der Waals surface area contributed by atoms with Gasteiger partial charge in [-0.15, -0.1) is 0 Å². The Morgan fingerprint density at radius 3 is 2.72 bits per heavy atom. The van der Waals surface area contributed by atoms with E-state index in [4.69, 9.17) is 5.11 Å². The van der Waals surface area contributed by atoms with E-state index in [0.717, 1.165) is 43.1 Å². The summed E-state index contributed by atoms with van der Waals surface area (Å²) in [5.41, 5.74) is 0.917. The molecule has 0 aliphatic carbocycles. The summed E-state index contributed by atoms with van der Waals surface area (Å²) in [6.07, 6.45) is 3.32. The standard InChI is InChI=1S/C20H25N7O2/c28-11-8-21-17-12-18(23-14-22-17)26-9-6-16(7-10-26)19-24-25-20(29)27(19)13-15-4-2-1-3-5-15/h1-5,12,14,16,28H,6-11,13H2,(H,25,29)(H,21,22,23). The third kappa shape index (κ3) is 4.45. The fourth-order valence-corrected chi connectivity index (χ4v) is 3.73. The van der Waals surface area contributed by atoms with E-state index in [9.17, 15) is 4.79 Å². The van der Waals surface area contributed by atoms with Crippen molar-refractivity contribution < 1.29 is 5.11 Å². The van der Waals surface area contributed by atoms with Gasteiger partial charge >= 0.3 is 5.69 Å². The number of aromatic nitrogens is 5. The molecule has 3 aromatic rings. The van der Waals surface area contributed by atoms with E-state index in [2.05, 4.69) is 30.4 Å². The lowest BCUT2D eigenvalue weighted by Gasteiger charge is -2.32. The Morgan fingerprint density at radius 2 is 1.97 bits per heavy atom. The SMILES string of the molecule is O=c1[nH]nc(C2CCN(c3cc(NCCO)ncn3)CC2)n1Cc1ccccc1. The van der Waals surface area contributed by atoms with E-state index in [-0.39, 0.29) is 18.2 Å². The van der Waals surface area contributed by atoms with Gasteiger partial charge in [0, 0.05) is 31.6 Å². The third-order valence-corrected chi connectivity index (χ3v) is 5.23. The molecule has 1 fully saturated rings. The van der Waals surface area contributed by atoms with Crippen molar-refractivity contribution in [1.82, 2.24) is 24.7 Å². The lowest BCUT2D eigenvalue weighted by atomic mass is 9.95. The van der Waals surface area contributed by atoms with Crippen molar-refractivity contribution in [3.05, 3.63) is 64.6 Å². The number of hydrogen-bond donors (Lipinski definition) is 3. The molecule has 9 nitrogen and oxygen atoms in total. The van der Waals surface area contributed by atoms with E-state index >= 15 is 0 Å². The Bertz CT molecular complexity index is 978. The molecule has 0 bridgehead atoms. The topological polar surface area (TPSA) is 112 Å². The van der Waals surface area contributed by atoms with Gasteiger partial charge in [-0.05, 0) is 18.4 Å². The van der Waals surface area contributed by atoms with Crippen LogP contribution in [0.3, 0.4) is 0 Å². The van der Waals surface area contributed by atoms with Gasteiger partial charge in [0.2, 0.25) is 0 Å². The van der Waals surface area contributed by atoms with Crippen LogP contribution in [0.1, 0.15) is 30.1 Å². The zero-order valence-electron chi connectivity index (χ0n) is 16.2. The number of benzene rings is 1. The molecule has 3 heterocycles. The van der Waals surface area contributed by atoms with Gasteiger partial charge < -0.3 is 15.3 Å². The van der Waals surface area contributed by atoms with Crippen LogP contribution in [-0.4, -0.2) is 56.1 Å². The highest BCUT2D eigenvalue weighted by atomic mass is 16.3. The van der Waals surface area contributed by atoms with Crippen LogP contribution in [-0.2, 0) is 6.54 Å². The van der Waals surface area contributed by atoms with Gasteiger partial charge in [0.05, 0.1) is 13.2 Å². The Labute approximate surface area is 168 Å². The van der Waals surface area contributed by atoms with Crippen LogP contribution >= 0.6 is 0 Å². The van der Waals surface area contributed by atoms with Gasteiger partial charge in [-0.25, -0.2) is 19.9 Å². The Morgan fingerprint density at radius 1 is 1.17 bits per heavy atom. The zero-order chi connectivity index (χ0) is 20.1. The highest BCUT2D eigenvalue weighted by Crippen LogP contribution is 2.28. The lowest BCUT2D eigenvalue weighted by molar-refractivity contribution is 0.311. The maximum absolute atomic E-state index is 12.3. The molecule has 0 spiro atoms. The van der Waals surface area contributed by atoms with Crippen LogP contribution < -0.4 is 15.9 Å². The van der Waals surface area contributed by atoms with E-state index in [1.165, 1.54) is 6.33 Å². The number of aliphatic hydroxyl groups excluding tert-OH is 1. The van der Waals surface area contributed by atoms with Crippen LogP contribution in [0.4, 0.5) is 11.6 Å². The minimum atomic E-state index is -0.165. The molecule has 1 aromatic carbocycles. The first-order valence-electron chi connectivity index (χ1n) is 9.85. The number of anilines is 2. The first-order valence-corrected chi connectivity index (χ1v) is 9.85. The highest BCUT2D eigenvalue weighted by molar-refractivity contribution is 5.48. The largest absolute Gasteiger partial charge is 0.395 e. The average Bonchev–Trinajstić information content (AvgIpc) is 3.13. The number of nitrogens with one attached hydrogen (secondary N) is 2. The van der Waals surface area contributed by atoms with E-state index in [0.29, 0.717) is 18.9 Å². The number of aromatic amines is 1. The third-order valence-electron chi connectivity index (χ3n) is 5.23. The quantitative estimate of drug-likeness (QED) is 0.551. The second kappa shape index (κ2) is 8.87. The van der Waals surface area contributed by atoms with E-state index in [1.807, 2.05) is 36.4 Å². The van der Waals surface area contributed by atoms with Crippen molar-refractivity contribution in [2.45, 2.75) is 25.3 Å². The number of nitrogens with zero attached hydrogens (tertiary/aromatic N) is 5. The van der Waals surface area contributed by atoms with Gasteiger partial charge in [0.1, 0.15) is 23.8 Å². The normalized spacial score (nSPS) is 14.9. The molecule has 0 radical (unpaired) electrons. The van der Waals surface area contributed by atoms with Crippen LogP contribution in [0, 0.1) is 0 Å². The summed E-state index contributed by atoms with van der Waals surface area (Å²) in [4.78, 5) is 23.1. The number of H-pyrrole nitrogens is 1. The van der Waals surface area contributed by atoms with E-state index < -0.39 is 0 Å². The van der Waals surface area contributed by atoms with Crippen molar-refractivity contribution in [3.63, 3.8) is 0 Å². The van der Waals surface area contributed by atoms with Gasteiger partial charge in [-0.3, -0.25) is 4.57 Å². The first-order chi connectivity index (χ1) is 14.2. The minimum absolute atomic E-state index is 0.0546. The molecule has 3 N–H and O–H groups in total. The summed E-state index contributed by atoms with van der Waals surface area (Å²) in [6, 6.07) is 11.9. The van der Waals surface area contributed by atoms with Crippen LogP contribution in [0.2, 0.25) is 0 Å². The number of hydrogen-bond acceptors (Lipinski definition) is 7. The van der Waals surface area contributed by atoms with Crippen LogP contribution in [0.5, 0.6) is 0 Å². The molecular formula is C20H25N7O2. The molecule has 0 atom stereocenters.